The van der Waals surface area contributed by atoms with Gasteiger partial charge < -0.3 is 10.2 Å². The van der Waals surface area contributed by atoms with Gasteiger partial charge in [0.25, 0.3) is 0 Å². The van der Waals surface area contributed by atoms with Crippen LogP contribution in [0.15, 0.2) is 53.5 Å². The predicted octanol–water partition coefficient (Wildman–Crippen LogP) is 3.58. The molecular weight excluding hydrogens is 392 g/mol. The van der Waals surface area contributed by atoms with Crippen molar-refractivity contribution in [1.82, 2.24) is 5.32 Å². The smallest absolute Gasteiger partial charge is 0.198 e. The molecule has 1 N–H and O–H groups in total. The summed E-state index contributed by atoms with van der Waals surface area (Å²) in [5.41, 5.74) is 3.44. The maximum Gasteiger partial charge on any atom is 0.198 e. The van der Waals surface area contributed by atoms with E-state index in [9.17, 15) is 4.39 Å². The third kappa shape index (κ3) is 3.58. The number of hydrogen-bond acceptors (Lipinski definition) is 1. The second-order valence-electron chi connectivity index (χ2n) is 5.06. The molecule has 0 spiro atoms. The van der Waals surface area contributed by atoms with E-state index in [1.54, 1.807) is 13.1 Å². The van der Waals surface area contributed by atoms with Gasteiger partial charge in [0.15, 0.2) is 5.96 Å². The lowest BCUT2D eigenvalue weighted by Crippen LogP contribution is -2.40. The zero-order valence-electron chi connectivity index (χ0n) is 12.4. The van der Waals surface area contributed by atoms with Crippen molar-refractivity contribution >= 4 is 35.6 Å². The third-order valence-electron chi connectivity index (χ3n) is 3.69. The fourth-order valence-corrected chi connectivity index (χ4v) is 2.68. The number of fused-ring (bicyclic) bond motifs is 1. The molecule has 0 bridgehead atoms. The van der Waals surface area contributed by atoms with Gasteiger partial charge in [0.2, 0.25) is 0 Å². The largest absolute Gasteiger partial charge is 0.352 e. The molecule has 2 aromatic carbocycles. The molecule has 0 radical (unpaired) electrons. The van der Waals surface area contributed by atoms with Gasteiger partial charge in [0.1, 0.15) is 5.82 Å². The Hall–Kier alpha value is -1.63. The number of rotatable bonds is 2. The Morgan fingerprint density at radius 2 is 2.05 bits per heavy atom. The second-order valence-corrected chi connectivity index (χ2v) is 5.06. The van der Waals surface area contributed by atoms with Crippen molar-refractivity contribution in [2.24, 2.45) is 4.99 Å². The summed E-state index contributed by atoms with van der Waals surface area (Å²) in [5.74, 6) is 0.611. The molecule has 0 fully saturated rings. The van der Waals surface area contributed by atoms with Crippen LogP contribution in [0.25, 0.3) is 0 Å². The van der Waals surface area contributed by atoms with Crippen molar-refractivity contribution in [2.45, 2.75) is 13.0 Å². The lowest BCUT2D eigenvalue weighted by atomic mass is 10.2. The Morgan fingerprint density at radius 1 is 1.23 bits per heavy atom. The summed E-state index contributed by atoms with van der Waals surface area (Å²) in [6.07, 6.45) is 1.02. The molecule has 0 unspecified atom stereocenters. The summed E-state index contributed by atoms with van der Waals surface area (Å²) in [6.45, 7) is 1.48. The van der Waals surface area contributed by atoms with Gasteiger partial charge in [-0.2, -0.15) is 0 Å². The van der Waals surface area contributed by atoms with Gasteiger partial charge in [-0.25, -0.2) is 4.39 Å². The molecule has 2 aromatic rings. The summed E-state index contributed by atoms with van der Waals surface area (Å²) in [7, 11) is 1.77. The number of halogens is 2. The SMILES string of the molecule is CN=C(NCc1cccc(F)c1)N1CCc2ccccc21.I. The Bertz CT molecular complexity index is 672. The molecule has 0 amide bonds. The van der Waals surface area contributed by atoms with E-state index in [1.165, 1.54) is 23.4 Å². The fourth-order valence-electron chi connectivity index (χ4n) is 2.68. The van der Waals surface area contributed by atoms with Crippen LogP contribution in [0, 0.1) is 5.82 Å². The topological polar surface area (TPSA) is 27.6 Å². The Labute approximate surface area is 147 Å². The first-order valence-corrected chi connectivity index (χ1v) is 7.08. The summed E-state index contributed by atoms with van der Waals surface area (Å²) < 4.78 is 13.2. The molecule has 0 saturated heterocycles. The monoisotopic (exact) mass is 411 g/mol. The van der Waals surface area contributed by atoms with E-state index in [2.05, 4.69) is 33.4 Å². The molecule has 0 saturated carbocycles. The van der Waals surface area contributed by atoms with Crippen molar-refractivity contribution < 1.29 is 4.39 Å². The van der Waals surface area contributed by atoms with E-state index in [0.717, 1.165) is 24.5 Å². The van der Waals surface area contributed by atoms with E-state index < -0.39 is 0 Å². The number of hydrogen-bond donors (Lipinski definition) is 1. The van der Waals surface area contributed by atoms with Crippen LogP contribution in [0.2, 0.25) is 0 Å². The van der Waals surface area contributed by atoms with Crippen molar-refractivity contribution in [2.75, 3.05) is 18.5 Å². The molecule has 22 heavy (non-hydrogen) atoms. The summed E-state index contributed by atoms with van der Waals surface area (Å²) in [6, 6.07) is 15.0. The standard InChI is InChI=1S/C17H18FN3.HI/c1-19-17(20-12-13-5-4-7-15(18)11-13)21-10-9-14-6-2-3-8-16(14)21;/h2-8,11H,9-10,12H2,1H3,(H,19,20);1H. The third-order valence-corrected chi connectivity index (χ3v) is 3.69. The molecule has 3 rings (SSSR count). The second kappa shape index (κ2) is 7.58. The summed E-state index contributed by atoms with van der Waals surface area (Å²) >= 11 is 0. The van der Waals surface area contributed by atoms with Gasteiger partial charge in [-0.05, 0) is 35.7 Å². The van der Waals surface area contributed by atoms with E-state index in [-0.39, 0.29) is 29.8 Å². The van der Waals surface area contributed by atoms with Gasteiger partial charge in [-0.1, -0.05) is 30.3 Å². The Morgan fingerprint density at radius 3 is 2.82 bits per heavy atom. The zero-order chi connectivity index (χ0) is 14.7. The molecule has 116 valence electrons. The molecule has 3 nitrogen and oxygen atoms in total. The van der Waals surface area contributed by atoms with E-state index in [1.807, 2.05) is 12.1 Å². The van der Waals surface area contributed by atoms with Crippen molar-refractivity contribution in [3.05, 3.63) is 65.5 Å². The lowest BCUT2D eigenvalue weighted by Gasteiger charge is -2.22. The number of nitrogens with one attached hydrogen (secondary N) is 1. The Balaban J connectivity index is 0.00000176. The number of nitrogens with zero attached hydrogens (tertiary/aromatic N) is 2. The number of benzene rings is 2. The number of aliphatic imine (C=N–C) groups is 1. The average Bonchev–Trinajstić information content (AvgIpc) is 2.92. The van der Waals surface area contributed by atoms with Gasteiger partial charge >= 0.3 is 0 Å². The van der Waals surface area contributed by atoms with Crippen molar-refractivity contribution in [3.63, 3.8) is 0 Å². The highest BCUT2D eigenvalue weighted by atomic mass is 127. The molecule has 1 heterocycles. The minimum Gasteiger partial charge on any atom is -0.352 e. The number of para-hydroxylation sites is 1. The molecule has 0 aromatic heterocycles. The van der Waals surface area contributed by atoms with Gasteiger partial charge in [0, 0.05) is 25.8 Å². The van der Waals surface area contributed by atoms with Crippen LogP contribution in [0.4, 0.5) is 10.1 Å². The Kier molecular flexibility index (Phi) is 5.76. The minimum atomic E-state index is -0.212. The molecule has 0 atom stereocenters. The van der Waals surface area contributed by atoms with E-state index >= 15 is 0 Å². The van der Waals surface area contributed by atoms with Crippen LogP contribution in [0.1, 0.15) is 11.1 Å². The van der Waals surface area contributed by atoms with Crippen LogP contribution in [0.5, 0.6) is 0 Å². The van der Waals surface area contributed by atoms with Crippen LogP contribution < -0.4 is 10.2 Å². The van der Waals surface area contributed by atoms with Crippen LogP contribution >= 0.6 is 24.0 Å². The molecule has 1 aliphatic rings. The quantitative estimate of drug-likeness (QED) is 0.465. The first-order chi connectivity index (χ1) is 10.3. The summed E-state index contributed by atoms with van der Waals surface area (Å²) in [5, 5.41) is 3.31. The van der Waals surface area contributed by atoms with Gasteiger partial charge in [-0.15, -0.1) is 24.0 Å². The minimum absolute atomic E-state index is 0. The van der Waals surface area contributed by atoms with Crippen molar-refractivity contribution in [3.8, 4) is 0 Å². The lowest BCUT2D eigenvalue weighted by molar-refractivity contribution is 0.624. The maximum absolute atomic E-state index is 13.2. The highest BCUT2D eigenvalue weighted by Gasteiger charge is 2.22. The fraction of sp³-hybridized carbons (Fsp3) is 0.235. The molecule has 5 heteroatoms. The highest BCUT2D eigenvalue weighted by molar-refractivity contribution is 14.0. The highest BCUT2D eigenvalue weighted by Crippen LogP contribution is 2.27. The average molecular weight is 411 g/mol. The van der Waals surface area contributed by atoms with Crippen molar-refractivity contribution in [1.29, 1.82) is 0 Å². The maximum atomic E-state index is 13.2. The number of anilines is 1. The van der Waals surface area contributed by atoms with E-state index in [0.29, 0.717) is 6.54 Å². The van der Waals surface area contributed by atoms with Crippen LogP contribution in [-0.2, 0) is 13.0 Å². The first kappa shape index (κ1) is 16.7. The van der Waals surface area contributed by atoms with Gasteiger partial charge in [-0.3, -0.25) is 4.99 Å². The molecular formula is C17H19FIN3. The van der Waals surface area contributed by atoms with Crippen LogP contribution in [-0.4, -0.2) is 19.6 Å². The summed E-state index contributed by atoms with van der Waals surface area (Å²) in [4.78, 5) is 6.52. The van der Waals surface area contributed by atoms with Gasteiger partial charge in [0.05, 0.1) is 0 Å². The molecule has 0 aliphatic carbocycles. The van der Waals surface area contributed by atoms with Crippen LogP contribution in [0.3, 0.4) is 0 Å². The normalized spacial score (nSPS) is 13.5. The van der Waals surface area contributed by atoms with E-state index in [4.69, 9.17) is 0 Å². The number of guanidine groups is 1. The predicted molar refractivity (Wildman–Crippen MR) is 99.5 cm³/mol. The zero-order valence-corrected chi connectivity index (χ0v) is 14.8. The molecule has 1 aliphatic heterocycles. The first-order valence-electron chi connectivity index (χ1n) is 7.08.